The Bertz CT molecular complexity index is 422. The number of nitrogens with zero attached hydrogens (tertiary/aromatic N) is 1. The van der Waals surface area contributed by atoms with Gasteiger partial charge in [-0.2, -0.15) is 0 Å². The van der Waals surface area contributed by atoms with E-state index in [2.05, 4.69) is 36.1 Å². The Morgan fingerprint density at radius 2 is 1.95 bits per heavy atom. The van der Waals surface area contributed by atoms with Gasteiger partial charge in [-0.1, -0.05) is 29.8 Å². The van der Waals surface area contributed by atoms with Crippen LogP contribution in [0.1, 0.15) is 30.4 Å². The number of carboxylic acid groups (broad SMARTS) is 1. The fourth-order valence-electron chi connectivity index (χ4n) is 2.50. The van der Waals surface area contributed by atoms with Gasteiger partial charge in [0.05, 0.1) is 19.1 Å². The van der Waals surface area contributed by atoms with Crippen LogP contribution in [-0.2, 0) is 16.1 Å². The fraction of sp³-hybridized carbons (Fsp3) is 0.562. The molecule has 1 fully saturated rings. The highest BCUT2D eigenvalue weighted by atomic mass is 16.5. The van der Waals surface area contributed by atoms with Gasteiger partial charge < -0.3 is 9.84 Å². The average Bonchev–Trinajstić information content (AvgIpc) is 2.43. The second kappa shape index (κ2) is 7.41. The molecule has 1 aromatic rings. The van der Waals surface area contributed by atoms with Gasteiger partial charge in [-0.05, 0) is 25.3 Å². The van der Waals surface area contributed by atoms with Gasteiger partial charge in [-0.15, -0.1) is 0 Å². The third-order valence-corrected chi connectivity index (χ3v) is 3.73. The molecule has 1 aliphatic heterocycles. The first-order chi connectivity index (χ1) is 9.63. The number of aryl methyl sites for hydroxylation is 1. The standard InChI is InChI=1S/C16H23NO3/c1-13-2-4-14(5-3-13)12-17-9-6-15(7-10-17)20-11-8-16(18)19/h2-5,15H,6-12H2,1H3,(H,18,19). The number of hydrogen-bond acceptors (Lipinski definition) is 3. The van der Waals surface area contributed by atoms with E-state index in [9.17, 15) is 4.79 Å². The number of ether oxygens (including phenoxy) is 1. The zero-order valence-electron chi connectivity index (χ0n) is 12.0. The lowest BCUT2D eigenvalue weighted by Gasteiger charge is -2.31. The van der Waals surface area contributed by atoms with Gasteiger partial charge in [-0.3, -0.25) is 9.69 Å². The van der Waals surface area contributed by atoms with E-state index in [0.29, 0.717) is 6.61 Å². The summed E-state index contributed by atoms with van der Waals surface area (Å²) >= 11 is 0. The van der Waals surface area contributed by atoms with Gasteiger partial charge in [0.15, 0.2) is 0 Å². The molecule has 4 nitrogen and oxygen atoms in total. The van der Waals surface area contributed by atoms with Crippen molar-refractivity contribution in [2.24, 2.45) is 0 Å². The summed E-state index contributed by atoms with van der Waals surface area (Å²) in [7, 11) is 0. The van der Waals surface area contributed by atoms with E-state index in [0.717, 1.165) is 32.5 Å². The van der Waals surface area contributed by atoms with E-state index in [1.807, 2.05) is 0 Å². The van der Waals surface area contributed by atoms with Crippen molar-refractivity contribution in [2.45, 2.75) is 38.8 Å². The molecule has 1 N–H and O–H groups in total. The van der Waals surface area contributed by atoms with Crippen molar-refractivity contribution in [1.82, 2.24) is 4.90 Å². The molecule has 0 unspecified atom stereocenters. The molecular weight excluding hydrogens is 254 g/mol. The SMILES string of the molecule is Cc1ccc(CN2CCC(OCCC(=O)O)CC2)cc1. The first kappa shape index (κ1) is 15.0. The molecule has 1 aliphatic rings. The van der Waals surface area contributed by atoms with E-state index in [1.54, 1.807) is 0 Å². The molecule has 1 heterocycles. The summed E-state index contributed by atoms with van der Waals surface area (Å²) < 4.78 is 5.60. The monoisotopic (exact) mass is 277 g/mol. The molecule has 0 amide bonds. The van der Waals surface area contributed by atoms with Crippen LogP contribution in [0, 0.1) is 6.92 Å². The first-order valence-corrected chi connectivity index (χ1v) is 7.25. The molecule has 1 aromatic carbocycles. The van der Waals surface area contributed by atoms with E-state index in [-0.39, 0.29) is 12.5 Å². The Morgan fingerprint density at radius 1 is 1.30 bits per heavy atom. The Balaban J connectivity index is 1.68. The molecule has 0 spiro atoms. The molecule has 4 heteroatoms. The zero-order valence-corrected chi connectivity index (χ0v) is 12.0. The molecular formula is C16H23NO3. The number of piperidine rings is 1. The average molecular weight is 277 g/mol. The minimum absolute atomic E-state index is 0.101. The summed E-state index contributed by atoms with van der Waals surface area (Å²) in [5, 5.41) is 8.58. The summed E-state index contributed by atoms with van der Waals surface area (Å²) in [6.45, 7) is 5.46. The quantitative estimate of drug-likeness (QED) is 0.867. The van der Waals surface area contributed by atoms with Crippen LogP contribution in [0.3, 0.4) is 0 Å². The summed E-state index contributed by atoms with van der Waals surface area (Å²) in [6.07, 6.45) is 2.31. The predicted octanol–water partition coefficient (Wildman–Crippen LogP) is 2.45. The third kappa shape index (κ3) is 4.94. The fourth-order valence-corrected chi connectivity index (χ4v) is 2.50. The van der Waals surface area contributed by atoms with Crippen molar-refractivity contribution in [2.75, 3.05) is 19.7 Å². The second-order valence-corrected chi connectivity index (χ2v) is 5.48. The van der Waals surface area contributed by atoms with Crippen LogP contribution in [0.4, 0.5) is 0 Å². The van der Waals surface area contributed by atoms with E-state index < -0.39 is 5.97 Å². The highest BCUT2D eigenvalue weighted by Crippen LogP contribution is 2.16. The van der Waals surface area contributed by atoms with Crippen LogP contribution in [0.25, 0.3) is 0 Å². The summed E-state index contributed by atoms with van der Waals surface area (Å²) in [6, 6.07) is 8.67. The van der Waals surface area contributed by atoms with Crippen LogP contribution >= 0.6 is 0 Å². The van der Waals surface area contributed by atoms with Crippen molar-refractivity contribution in [3.05, 3.63) is 35.4 Å². The molecule has 20 heavy (non-hydrogen) atoms. The molecule has 1 saturated heterocycles. The third-order valence-electron chi connectivity index (χ3n) is 3.73. The second-order valence-electron chi connectivity index (χ2n) is 5.48. The van der Waals surface area contributed by atoms with Crippen molar-refractivity contribution in [3.8, 4) is 0 Å². The summed E-state index contributed by atoms with van der Waals surface area (Å²) in [5.74, 6) is -0.790. The van der Waals surface area contributed by atoms with Gasteiger partial charge >= 0.3 is 5.97 Å². The van der Waals surface area contributed by atoms with Crippen molar-refractivity contribution < 1.29 is 14.6 Å². The molecule has 0 bridgehead atoms. The maximum absolute atomic E-state index is 10.4. The van der Waals surface area contributed by atoms with Crippen LogP contribution in [0.15, 0.2) is 24.3 Å². The smallest absolute Gasteiger partial charge is 0.305 e. The largest absolute Gasteiger partial charge is 0.481 e. The van der Waals surface area contributed by atoms with Gasteiger partial charge in [-0.25, -0.2) is 0 Å². The minimum Gasteiger partial charge on any atom is -0.481 e. The molecule has 0 aliphatic carbocycles. The molecule has 2 rings (SSSR count). The number of benzene rings is 1. The maximum atomic E-state index is 10.4. The summed E-state index contributed by atoms with van der Waals surface area (Å²) in [4.78, 5) is 12.9. The first-order valence-electron chi connectivity index (χ1n) is 7.25. The van der Waals surface area contributed by atoms with Crippen LogP contribution in [0.2, 0.25) is 0 Å². The van der Waals surface area contributed by atoms with Crippen LogP contribution in [0.5, 0.6) is 0 Å². The van der Waals surface area contributed by atoms with Gasteiger partial charge in [0.2, 0.25) is 0 Å². The van der Waals surface area contributed by atoms with E-state index in [4.69, 9.17) is 9.84 Å². The Kier molecular flexibility index (Phi) is 5.56. The minimum atomic E-state index is -0.790. The van der Waals surface area contributed by atoms with Gasteiger partial charge in [0.25, 0.3) is 0 Å². The normalized spacial score (nSPS) is 17.2. The van der Waals surface area contributed by atoms with Crippen LogP contribution < -0.4 is 0 Å². The van der Waals surface area contributed by atoms with E-state index >= 15 is 0 Å². The van der Waals surface area contributed by atoms with Crippen molar-refractivity contribution >= 4 is 5.97 Å². The Hall–Kier alpha value is -1.39. The zero-order chi connectivity index (χ0) is 14.4. The van der Waals surface area contributed by atoms with Crippen molar-refractivity contribution in [1.29, 1.82) is 0 Å². The number of hydrogen-bond donors (Lipinski definition) is 1. The van der Waals surface area contributed by atoms with E-state index in [1.165, 1.54) is 11.1 Å². The Labute approximate surface area is 120 Å². The number of rotatable bonds is 6. The van der Waals surface area contributed by atoms with Crippen LogP contribution in [-0.4, -0.2) is 41.8 Å². The van der Waals surface area contributed by atoms with Crippen molar-refractivity contribution in [3.63, 3.8) is 0 Å². The summed E-state index contributed by atoms with van der Waals surface area (Å²) in [5.41, 5.74) is 2.64. The number of carbonyl (C=O) groups is 1. The maximum Gasteiger partial charge on any atom is 0.305 e. The lowest BCUT2D eigenvalue weighted by atomic mass is 10.1. The number of carboxylic acids is 1. The molecule has 0 radical (unpaired) electrons. The lowest BCUT2D eigenvalue weighted by Crippen LogP contribution is -2.36. The molecule has 0 saturated carbocycles. The number of likely N-dealkylation sites (tertiary alicyclic amines) is 1. The lowest BCUT2D eigenvalue weighted by molar-refractivity contribution is -0.138. The highest BCUT2D eigenvalue weighted by molar-refractivity contribution is 5.66. The molecule has 0 aromatic heterocycles. The molecule has 110 valence electrons. The highest BCUT2D eigenvalue weighted by Gasteiger charge is 2.19. The number of aliphatic carboxylic acids is 1. The topological polar surface area (TPSA) is 49.8 Å². The molecule has 0 atom stereocenters. The van der Waals surface area contributed by atoms with Gasteiger partial charge in [0.1, 0.15) is 0 Å². The van der Waals surface area contributed by atoms with Gasteiger partial charge in [0, 0.05) is 19.6 Å². The predicted molar refractivity (Wildman–Crippen MR) is 77.7 cm³/mol. The Morgan fingerprint density at radius 3 is 2.55 bits per heavy atom.